The Balaban J connectivity index is 4.66. The molecule has 0 amide bonds. The lowest BCUT2D eigenvalue weighted by Crippen LogP contribution is -2.30. The molecule has 6 heteroatoms. The minimum Gasteiger partial charge on any atom is -0.462 e. The molecule has 0 spiro atoms. The number of rotatable bonds is 45. The van der Waals surface area contributed by atoms with Gasteiger partial charge in [0.2, 0.25) is 0 Å². The van der Waals surface area contributed by atoms with Crippen LogP contribution in [0.3, 0.4) is 0 Å². The smallest absolute Gasteiger partial charge is 0.306 e. The molecule has 1 atom stereocenters. The Labute approximate surface area is 427 Å². The topological polar surface area (TPSA) is 78.9 Å². The van der Waals surface area contributed by atoms with Crippen molar-refractivity contribution in [3.63, 3.8) is 0 Å². The molecule has 0 N–H and O–H groups in total. The SMILES string of the molecule is CC\C=C/C=C\C=C/C=C\C=C\C=C/C=C\CCCCCC(=O)OCC(COC(=O)CCCCCCCC/C=C\C/C=C\C/C=C\CC)OC(=O)CCC/C=C\C/C=C\C/C=C\C/C=C\C/C=C\CC. The summed E-state index contributed by atoms with van der Waals surface area (Å²) in [5, 5.41) is 0. The van der Waals surface area contributed by atoms with Crippen molar-refractivity contribution < 1.29 is 28.6 Å². The van der Waals surface area contributed by atoms with Crippen LogP contribution in [0.25, 0.3) is 0 Å². The third-order valence-corrected chi connectivity index (χ3v) is 10.3. The highest BCUT2D eigenvalue weighted by molar-refractivity contribution is 5.71. The summed E-state index contributed by atoms with van der Waals surface area (Å²) in [6.45, 7) is 6.14. The van der Waals surface area contributed by atoms with E-state index in [2.05, 4.69) is 130 Å². The summed E-state index contributed by atoms with van der Waals surface area (Å²) >= 11 is 0. The second-order valence-corrected chi connectivity index (χ2v) is 16.8. The van der Waals surface area contributed by atoms with E-state index in [9.17, 15) is 14.4 Å². The molecule has 0 aliphatic carbocycles. The highest BCUT2D eigenvalue weighted by Gasteiger charge is 2.19. The Hall–Kier alpha value is -5.49. The maximum atomic E-state index is 12.8. The van der Waals surface area contributed by atoms with Crippen LogP contribution in [0.15, 0.2) is 182 Å². The molecule has 0 bridgehead atoms. The lowest BCUT2D eigenvalue weighted by molar-refractivity contribution is -0.167. The zero-order chi connectivity index (χ0) is 50.7. The van der Waals surface area contributed by atoms with Gasteiger partial charge in [0.05, 0.1) is 0 Å². The highest BCUT2D eigenvalue weighted by Crippen LogP contribution is 2.12. The molecule has 0 aromatic carbocycles. The minimum absolute atomic E-state index is 0.133. The Morgan fingerprint density at radius 3 is 1.03 bits per heavy atom. The van der Waals surface area contributed by atoms with Crippen molar-refractivity contribution in [2.24, 2.45) is 0 Å². The van der Waals surface area contributed by atoms with E-state index >= 15 is 0 Å². The van der Waals surface area contributed by atoms with Gasteiger partial charge in [0.15, 0.2) is 6.10 Å². The van der Waals surface area contributed by atoms with Gasteiger partial charge in [0.25, 0.3) is 0 Å². The van der Waals surface area contributed by atoms with Crippen LogP contribution in [0.4, 0.5) is 0 Å². The van der Waals surface area contributed by atoms with Crippen molar-refractivity contribution >= 4 is 17.9 Å². The molecule has 0 rings (SSSR count). The van der Waals surface area contributed by atoms with E-state index in [-0.39, 0.29) is 38.0 Å². The zero-order valence-electron chi connectivity index (χ0n) is 43.9. The number of hydrogen-bond donors (Lipinski definition) is 0. The van der Waals surface area contributed by atoms with Crippen LogP contribution in [0, 0.1) is 0 Å². The average Bonchev–Trinajstić information content (AvgIpc) is 3.36. The van der Waals surface area contributed by atoms with Gasteiger partial charge in [0.1, 0.15) is 13.2 Å². The lowest BCUT2D eigenvalue weighted by atomic mass is 10.1. The van der Waals surface area contributed by atoms with Gasteiger partial charge in [-0.3, -0.25) is 14.4 Å². The van der Waals surface area contributed by atoms with E-state index in [4.69, 9.17) is 14.2 Å². The highest BCUT2D eigenvalue weighted by atomic mass is 16.6. The summed E-state index contributed by atoms with van der Waals surface area (Å²) in [6, 6.07) is 0. The molecule has 0 fully saturated rings. The summed E-state index contributed by atoms with van der Waals surface area (Å²) in [4.78, 5) is 38.1. The van der Waals surface area contributed by atoms with Crippen molar-refractivity contribution in [3.8, 4) is 0 Å². The molecule has 6 nitrogen and oxygen atoms in total. The molecule has 70 heavy (non-hydrogen) atoms. The van der Waals surface area contributed by atoms with E-state index in [0.29, 0.717) is 19.3 Å². The molecule has 1 unspecified atom stereocenters. The molecule has 0 aliphatic rings. The third-order valence-electron chi connectivity index (χ3n) is 10.3. The molecule has 0 heterocycles. The van der Waals surface area contributed by atoms with Crippen LogP contribution in [0.2, 0.25) is 0 Å². The van der Waals surface area contributed by atoms with Gasteiger partial charge in [-0.15, -0.1) is 0 Å². The van der Waals surface area contributed by atoms with E-state index in [1.807, 2.05) is 72.9 Å². The van der Waals surface area contributed by atoms with Gasteiger partial charge in [-0.1, -0.05) is 235 Å². The monoisotopic (exact) mass is 959 g/mol. The number of unbranched alkanes of at least 4 members (excludes halogenated alkanes) is 10. The third kappa shape index (κ3) is 53.5. The molecule has 0 aromatic rings. The lowest BCUT2D eigenvalue weighted by Gasteiger charge is -2.18. The second kappa shape index (κ2) is 56.1. The van der Waals surface area contributed by atoms with Gasteiger partial charge < -0.3 is 14.2 Å². The normalized spacial score (nSPS) is 13.6. The van der Waals surface area contributed by atoms with Crippen LogP contribution in [0.5, 0.6) is 0 Å². The Bertz CT molecular complexity index is 1720. The van der Waals surface area contributed by atoms with E-state index in [1.165, 1.54) is 12.8 Å². The first-order valence-electron chi connectivity index (χ1n) is 26.9. The minimum atomic E-state index is -0.844. The Morgan fingerprint density at radius 2 is 0.600 bits per heavy atom. The van der Waals surface area contributed by atoms with Crippen molar-refractivity contribution in [1.29, 1.82) is 0 Å². The van der Waals surface area contributed by atoms with Gasteiger partial charge in [-0.05, 0) is 109 Å². The van der Waals surface area contributed by atoms with Crippen LogP contribution >= 0.6 is 0 Å². The fraction of sp³-hybridized carbons (Fsp3) is 0.484. The molecule has 0 saturated carbocycles. The van der Waals surface area contributed by atoms with E-state index < -0.39 is 12.1 Å². The number of ether oxygens (including phenoxy) is 3. The molecule has 386 valence electrons. The van der Waals surface area contributed by atoms with Crippen molar-refractivity contribution in [2.75, 3.05) is 13.2 Å². The van der Waals surface area contributed by atoms with Crippen LogP contribution < -0.4 is 0 Å². The first-order chi connectivity index (χ1) is 34.5. The fourth-order valence-electron chi connectivity index (χ4n) is 6.41. The molecule has 0 radical (unpaired) electrons. The molecular weight excluding hydrogens is 865 g/mol. The van der Waals surface area contributed by atoms with Gasteiger partial charge in [-0.25, -0.2) is 0 Å². The summed E-state index contributed by atoms with van der Waals surface area (Å²) in [6.07, 6.45) is 84.4. The predicted octanol–water partition coefficient (Wildman–Crippen LogP) is 18.1. The van der Waals surface area contributed by atoms with Crippen molar-refractivity contribution in [3.05, 3.63) is 182 Å². The largest absolute Gasteiger partial charge is 0.462 e. The van der Waals surface area contributed by atoms with Crippen molar-refractivity contribution in [2.45, 2.75) is 187 Å². The molecule has 0 saturated heterocycles. The average molecular weight is 959 g/mol. The predicted molar refractivity (Wildman–Crippen MR) is 301 cm³/mol. The molecule has 0 aromatic heterocycles. The van der Waals surface area contributed by atoms with Crippen LogP contribution in [-0.4, -0.2) is 37.2 Å². The Morgan fingerprint density at radius 1 is 0.300 bits per heavy atom. The van der Waals surface area contributed by atoms with Crippen molar-refractivity contribution in [1.82, 2.24) is 0 Å². The molecular formula is C64H94O6. The fourth-order valence-corrected chi connectivity index (χ4v) is 6.41. The second-order valence-electron chi connectivity index (χ2n) is 16.8. The zero-order valence-corrected chi connectivity index (χ0v) is 43.9. The number of esters is 3. The summed E-state index contributed by atoms with van der Waals surface area (Å²) in [5.41, 5.74) is 0. The number of carbonyl (C=O) groups is 3. The molecule has 0 aliphatic heterocycles. The number of hydrogen-bond acceptors (Lipinski definition) is 6. The standard InChI is InChI=1S/C64H94O6/c1-4-7-10-13-16-19-22-25-28-31-32-34-36-39-42-45-48-51-54-57-63(66)69-60-61(59-68-62(65)56-53-50-47-44-41-38-35-30-27-24-21-18-15-12-9-6-3)70-64(67)58-55-52-49-46-43-40-37-33-29-26-23-20-17-14-11-8-5-2/h7-13,16-22,25-32,34,36-37,39-40,42,46,49,61H,4-6,14-15,23-24,33,35,38,41,43-45,47-48,50-60H2,1-3H3/b10-7-,11-8-,12-9-,16-13-,20-17-,21-18-,22-19-,28-25-,29-26-,30-27-,32-31+,36-34-,40-37-,42-39-,49-46-. The Kier molecular flexibility index (Phi) is 51.7. The van der Waals surface area contributed by atoms with E-state index in [0.717, 1.165) is 116 Å². The van der Waals surface area contributed by atoms with Gasteiger partial charge in [0, 0.05) is 19.3 Å². The van der Waals surface area contributed by atoms with Gasteiger partial charge >= 0.3 is 17.9 Å². The maximum Gasteiger partial charge on any atom is 0.306 e. The van der Waals surface area contributed by atoms with Gasteiger partial charge in [-0.2, -0.15) is 0 Å². The first-order valence-corrected chi connectivity index (χ1v) is 26.9. The first kappa shape index (κ1) is 64.5. The summed E-state index contributed by atoms with van der Waals surface area (Å²) < 4.78 is 16.7. The summed E-state index contributed by atoms with van der Waals surface area (Å²) in [5.74, 6) is -1.07. The van der Waals surface area contributed by atoms with Crippen LogP contribution in [-0.2, 0) is 28.6 Å². The maximum absolute atomic E-state index is 12.8. The number of carbonyl (C=O) groups excluding carboxylic acids is 3. The van der Waals surface area contributed by atoms with E-state index in [1.54, 1.807) is 0 Å². The quantitative estimate of drug-likeness (QED) is 0.0199. The summed E-state index contributed by atoms with van der Waals surface area (Å²) in [7, 11) is 0. The van der Waals surface area contributed by atoms with Crippen LogP contribution in [0.1, 0.15) is 181 Å². The number of allylic oxidation sites excluding steroid dienone is 30.